The first-order chi connectivity index (χ1) is 13.6. The second-order valence-corrected chi connectivity index (χ2v) is 8.36. The van der Waals surface area contributed by atoms with Crippen molar-refractivity contribution in [3.63, 3.8) is 0 Å². The normalized spacial score (nSPS) is 19.2. The first kappa shape index (κ1) is 18.2. The number of hydrogen-bond acceptors (Lipinski definition) is 3. The number of benzene rings is 2. The minimum atomic E-state index is -0.742. The summed E-state index contributed by atoms with van der Waals surface area (Å²) in [5.74, 6) is -0.742. The van der Waals surface area contributed by atoms with Crippen molar-refractivity contribution in [3.05, 3.63) is 69.9 Å². The Hall–Kier alpha value is -1.85. The Kier molecular flexibility index (Phi) is 4.48. The zero-order valence-corrected chi connectivity index (χ0v) is 17.1. The van der Waals surface area contributed by atoms with Crippen molar-refractivity contribution < 1.29 is 9.47 Å². The van der Waals surface area contributed by atoms with Gasteiger partial charge in [-0.3, -0.25) is 0 Å². The van der Waals surface area contributed by atoms with Gasteiger partial charge in [0.25, 0.3) is 0 Å². The van der Waals surface area contributed by atoms with Gasteiger partial charge in [-0.05, 0) is 43.3 Å². The number of fused-ring (bicyclic) bond motifs is 3. The molecule has 0 atom stereocenters. The van der Waals surface area contributed by atoms with Gasteiger partial charge in [0.1, 0.15) is 0 Å². The Labute approximate surface area is 170 Å². The maximum atomic E-state index is 6.35. The quantitative estimate of drug-likeness (QED) is 0.652. The number of hydrogen-bond donors (Lipinski definition) is 0. The van der Waals surface area contributed by atoms with Crippen molar-refractivity contribution >= 4 is 22.5 Å². The van der Waals surface area contributed by atoms with Crippen LogP contribution in [-0.4, -0.2) is 36.3 Å². The molecule has 2 aliphatic rings. The molecule has 2 aliphatic heterocycles. The molecule has 0 aliphatic carbocycles. The van der Waals surface area contributed by atoms with Gasteiger partial charge in [-0.15, -0.1) is 0 Å². The number of aryl methyl sites for hydroxylation is 1. The highest BCUT2D eigenvalue weighted by atomic mass is 35.5. The summed E-state index contributed by atoms with van der Waals surface area (Å²) in [7, 11) is 2.18. The lowest BCUT2D eigenvalue weighted by molar-refractivity contribution is -0.176. The molecule has 2 aromatic carbocycles. The molecule has 3 heterocycles. The fraction of sp³-hybridized carbons (Fsp3) is 0.391. The number of rotatable bonds is 3. The van der Waals surface area contributed by atoms with Crippen molar-refractivity contribution in [1.29, 1.82) is 0 Å². The largest absolute Gasteiger partial charge is 0.342 e. The van der Waals surface area contributed by atoms with Crippen LogP contribution < -0.4 is 0 Å². The second-order valence-electron chi connectivity index (χ2n) is 7.93. The highest BCUT2D eigenvalue weighted by Gasteiger charge is 2.41. The molecule has 0 unspecified atom stereocenters. The molecule has 0 spiro atoms. The van der Waals surface area contributed by atoms with Gasteiger partial charge in [-0.25, -0.2) is 0 Å². The number of nitrogens with zero attached hydrogens (tertiary/aromatic N) is 2. The Morgan fingerprint density at radius 3 is 2.68 bits per heavy atom. The van der Waals surface area contributed by atoms with Crippen LogP contribution in [-0.2, 0) is 34.8 Å². The average molecular weight is 397 g/mol. The fourth-order valence-corrected chi connectivity index (χ4v) is 4.90. The van der Waals surface area contributed by atoms with Gasteiger partial charge in [0.15, 0.2) is 0 Å². The van der Waals surface area contributed by atoms with E-state index in [1.807, 2.05) is 6.07 Å². The standard InChI is InChI=1S/C23H25ClN2O2/c1-16-5-3-4-6-20(16)23(27-11-12-28-23)15-26-21-8-7-17(24)13-18(21)19-14-25(2)10-9-22(19)26/h3-8,13H,9-12,14-15H2,1-2H3. The van der Waals surface area contributed by atoms with Gasteiger partial charge < -0.3 is 18.9 Å². The Morgan fingerprint density at radius 1 is 1.11 bits per heavy atom. The van der Waals surface area contributed by atoms with Crippen molar-refractivity contribution in [3.8, 4) is 0 Å². The maximum Gasteiger partial charge on any atom is 0.213 e. The number of ether oxygens (including phenoxy) is 2. The third-order valence-corrected chi connectivity index (χ3v) is 6.32. The van der Waals surface area contributed by atoms with E-state index in [1.165, 1.54) is 27.7 Å². The van der Waals surface area contributed by atoms with Crippen LogP contribution in [0.2, 0.25) is 5.02 Å². The summed E-state index contributed by atoms with van der Waals surface area (Å²) in [6, 6.07) is 14.6. The summed E-state index contributed by atoms with van der Waals surface area (Å²) in [4.78, 5) is 2.37. The van der Waals surface area contributed by atoms with Crippen LogP contribution in [0.1, 0.15) is 22.4 Å². The van der Waals surface area contributed by atoms with Crippen LogP contribution in [0.15, 0.2) is 42.5 Å². The zero-order chi connectivity index (χ0) is 19.3. The van der Waals surface area contributed by atoms with Crippen molar-refractivity contribution in [2.24, 2.45) is 0 Å². The first-order valence-electron chi connectivity index (χ1n) is 9.89. The molecule has 4 nitrogen and oxygen atoms in total. The molecular formula is C23H25ClN2O2. The zero-order valence-electron chi connectivity index (χ0n) is 16.4. The third-order valence-electron chi connectivity index (χ3n) is 6.08. The van der Waals surface area contributed by atoms with Crippen LogP contribution in [0.4, 0.5) is 0 Å². The summed E-state index contributed by atoms with van der Waals surface area (Å²) >= 11 is 6.35. The van der Waals surface area contributed by atoms with Gasteiger partial charge >= 0.3 is 0 Å². The molecule has 0 radical (unpaired) electrons. The monoisotopic (exact) mass is 396 g/mol. The van der Waals surface area contributed by atoms with E-state index >= 15 is 0 Å². The van der Waals surface area contributed by atoms with Gasteiger partial charge in [-0.1, -0.05) is 35.9 Å². The Balaban J connectivity index is 1.68. The first-order valence-corrected chi connectivity index (χ1v) is 10.3. The summed E-state index contributed by atoms with van der Waals surface area (Å²) < 4.78 is 15.0. The van der Waals surface area contributed by atoms with Crippen molar-refractivity contribution in [2.75, 3.05) is 26.8 Å². The summed E-state index contributed by atoms with van der Waals surface area (Å²) in [5.41, 5.74) is 6.27. The summed E-state index contributed by atoms with van der Waals surface area (Å²) in [5, 5.41) is 2.02. The van der Waals surface area contributed by atoms with E-state index in [9.17, 15) is 0 Å². The van der Waals surface area contributed by atoms with Gasteiger partial charge in [0.2, 0.25) is 5.79 Å². The van der Waals surface area contributed by atoms with Crippen LogP contribution in [0, 0.1) is 6.92 Å². The fourth-order valence-electron chi connectivity index (χ4n) is 4.73. The molecule has 1 aromatic heterocycles. The highest BCUT2D eigenvalue weighted by Crippen LogP contribution is 2.39. The lowest BCUT2D eigenvalue weighted by atomic mass is 9.99. The Bertz CT molecular complexity index is 1040. The molecule has 5 rings (SSSR count). The van der Waals surface area contributed by atoms with Crippen LogP contribution in [0.25, 0.3) is 10.9 Å². The van der Waals surface area contributed by atoms with E-state index in [0.29, 0.717) is 19.8 Å². The van der Waals surface area contributed by atoms with Crippen LogP contribution in [0.5, 0.6) is 0 Å². The molecule has 1 saturated heterocycles. The SMILES string of the molecule is Cc1ccccc1C1(Cn2c3c(c4cc(Cl)ccc42)CN(C)CC3)OCCO1. The van der Waals surface area contributed by atoms with Gasteiger partial charge in [0, 0.05) is 46.7 Å². The van der Waals surface area contributed by atoms with Crippen LogP contribution in [0.3, 0.4) is 0 Å². The predicted octanol–water partition coefficient (Wildman–Crippen LogP) is 4.49. The smallest absolute Gasteiger partial charge is 0.213 e. The molecule has 1 fully saturated rings. The average Bonchev–Trinajstić information content (AvgIpc) is 3.26. The number of likely N-dealkylation sites (N-methyl/N-ethyl adjacent to an activating group) is 1. The number of aromatic nitrogens is 1. The molecule has 28 heavy (non-hydrogen) atoms. The van der Waals surface area contributed by atoms with E-state index in [2.05, 4.69) is 59.8 Å². The van der Waals surface area contributed by atoms with Crippen molar-refractivity contribution in [1.82, 2.24) is 9.47 Å². The number of halogens is 1. The lowest BCUT2D eigenvalue weighted by Crippen LogP contribution is -2.35. The topological polar surface area (TPSA) is 26.6 Å². The minimum absolute atomic E-state index is 0.615. The molecule has 0 N–H and O–H groups in total. The molecule has 0 amide bonds. The Morgan fingerprint density at radius 2 is 1.89 bits per heavy atom. The summed E-state index contributed by atoms with van der Waals surface area (Å²) in [6.45, 7) is 6.00. The lowest BCUT2D eigenvalue weighted by Gasteiger charge is -2.32. The molecule has 146 valence electrons. The third kappa shape index (κ3) is 2.87. The molecule has 5 heteroatoms. The molecular weight excluding hydrogens is 372 g/mol. The van der Waals surface area contributed by atoms with E-state index < -0.39 is 5.79 Å². The predicted molar refractivity (Wildman–Crippen MR) is 112 cm³/mol. The van der Waals surface area contributed by atoms with E-state index in [0.717, 1.165) is 30.1 Å². The molecule has 0 bridgehead atoms. The van der Waals surface area contributed by atoms with Crippen LogP contribution >= 0.6 is 11.6 Å². The van der Waals surface area contributed by atoms with Crippen molar-refractivity contribution in [2.45, 2.75) is 32.2 Å². The molecule has 0 saturated carbocycles. The maximum absolute atomic E-state index is 6.35. The van der Waals surface area contributed by atoms with Gasteiger partial charge in [-0.2, -0.15) is 0 Å². The molecule has 3 aromatic rings. The summed E-state index contributed by atoms with van der Waals surface area (Å²) in [6.07, 6.45) is 1.02. The second kappa shape index (κ2) is 6.89. The van der Waals surface area contributed by atoms with Gasteiger partial charge in [0.05, 0.1) is 19.8 Å². The highest BCUT2D eigenvalue weighted by molar-refractivity contribution is 6.31. The van der Waals surface area contributed by atoms with E-state index in [4.69, 9.17) is 21.1 Å². The minimum Gasteiger partial charge on any atom is -0.342 e. The van der Waals surface area contributed by atoms with E-state index in [1.54, 1.807) is 0 Å². The van der Waals surface area contributed by atoms with E-state index in [-0.39, 0.29) is 0 Å².